The van der Waals surface area contributed by atoms with Crippen molar-refractivity contribution in [1.29, 1.82) is 0 Å². The zero-order valence-electron chi connectivity index (χ0n) is 9.49. The molecule has 0 aliphatic heterocycles. The van der Waals surface area contributed by atoms with E-state index in [1.54, 1.807) is 0 Å². The van der Waals surface area contributed by atoms with Crippen molar-refractivity contribution >= 4 is 6.09 Å². The fraction of sp³-hybridized carbons (Fsp3) is 0.909. The summed E-state index contributed by atoms with van der Waals surface area (Å²) in [7, 11) is 0. The van der Waals surface area contributed by atoms with E-state index < -0.39 is 5.60 Å². The third-order valence-corrected chi connectivity index (χ3v) is 3.10. The number of carbonyl (C=O) groups is 1. The summed E-state index contributed by atoms with van der Waals surface area (Å²) in [5.41, 5.74) is -0.454. The summed E-state index contributed by atoms with van der Waals surface area (Å²) in [6.45, 7) is 5.53. The van der Waals surface area contributed by atoms with Crippen LogP contribution in [0.4, 0.5) is 4.79 Å². The van der Waals surface area contributed by atoms with E-state index in [1.165, 1.54) is 0 Å². The van der Waals surface area contributed by atoms with Crippen molar-refractivity contribution in [2.24, 2.45) is 11.8 Å². The Labute approximate surface area is 90.0 Å². The van der Waals surface area contributed by atoms with E-state index in [4.69, 9.17) is 4.74 Å². The van der Waals surface area contributed by atoms with Crippen LogP contribution in [-0.4, -0.2) is 28.9 Å². The third-order valence-electron chi connectivity index (χ3n) is 3.10. The first-order chi connectivity index (χ1) is 6.87. The van der Waals surface area contributed by atoms with E-state index in [1.807, 2.05) is 20.8 Å². The Hall–Kier alpha value is -0.770. The molecule has 0 aromatic rings. The van der Waals surface area contributed by atoms with Crippen LogP contribution in [0.2, 0.25) is 0 Å². The van der Waals surface area contributed by atoms with Crippen LogP contribution in [0.5, 0.6) is 0 Å². The molecule has 4 heteroatoms. The molecule has 0 aromatic heterocycles. The van der Waals surface area contributed by atoms with Crippen LogP contribution in [0.25, 0.3) is 0 Å². The van der Waals surface area contributed by atoms with Crippen molar-refractivity contribution in [3.8, 4) is 0 Å². The molecule has 2 N–H and O–H groups in total. The van der Waals surface area contributed by atoms with Crippen molar-refractivity contribution in [2.75, 3.05) is 0 Å². The average molecular weight is 213 g/mol. The highest BCUT2D eigenvalue weighted by molar-refractivity contribution is 5.68. The molecule has 1 amide bonds. The Morgan fingerprint density at radius 2 is 2.00 bits per heavy atom. The predicted molar refractivity (Wildman–Crippen MR) is 55.4 cm³/mol. The molecule has 0 saturated heterocycles. The molecule has 0 spiro atoms. The van der Waals surface area contributed by atoms with Gasteiger partial charge in [-0.3, -0.25) is 0 Å². The highest BCUT2D eigenvalue weighted by Gasteiger charge is 2.54. The smallest absolute Gasteiger partial charge is 0.407 e. The summed E-state index contributed by atoms with van der Waals surface area (Å²) < 4.78 is 5.17. The maximum absolute atomic E-state index is 11.5. The van der Waals surface area contributed by atoms with Crippen LogP contribution in [0.1, 0.15) is 33.6 Å². The number of hydrogen-bond donors (Lipinski definition) is 2. The molecule has 4 atom stereocenters. The van der Waals surface area contributed by atoms with Crippen LogP contribution in [0.15, 0.2) is 0 Å². The van der Waals surface area contributed by atoms with Gasteiger partial charge in [0.15, 0.2) is 0 Å². The molecule has 2 saturated carbocycles. The number of hydrogen-bond acceptors (Lipinski definition) is 3. The van der Waals surface area contributed by atoms with Gasteiger partial charge in [-0.25, -0.2) is 4.79 Å². The molecule has 0 radical (unpaired) electrons. The van der Waals surface area contributed by atoms with Gasteiger partial charge in [-0.1, -0.05) is 0 Å². The van der Waals surface area contributed by atoms with Gasteiger partial charge in [0, 0.05) is 6.04 Å². The first-order valence-electron chi connectivity index (χ1n) is 5.54. The first kappa shape index (κ1) is 10.7. The summed E-state index contributed by atoms with van der Waals surface area (Å²) in [6.07, 6.45) is 1.12. The normalized spacial score (nSPS) is 38.4. The molecule has 2 aliphatic rings. The van der Waals surface area contributed by atoms with Crippen molar-refractivity contribution in [1.82, 2.24) is 5.32 Å². The van der Waals surface area contributed by atoms with Crippen molar-refractivity contribution in [2.45, 2.75) is 51.4 Å². The number of carbonyl (C=O) groups excluding carboxylic acids is 1. The molecule has 2 rings (SSSR count). The minimum atomic E-state index is -0.454. The van der Waals surface area contributed by atoms with Crippen molar-refractivity contribution in [3.63, 3.8) is 0 Å². The fourth-order valence-corrected chi connectivity index (χ4v) is 2.38. The van der Waals surface area contributed by atoms with Gasteiger partial charge in [0.2, 0.25) is 0 Å². The van der Waals surface area contributed by atoms with E-state index in [-0.39, 0.29) is 18.2 Å². The summed E-state index contributed by atoms with van der Waals surface area (Å²) in [4.78, 5) is 11.5. The van der Waals surface area contributed by atoms with E-state index in [9.17, 15) is 9.90 Å². The molecule has 4 nitrogen and oxygen atoms in total. The Balaban J connectivity index is 1.80. The maximum Gasteiger partial charge on any atom is 0.407 e. The molecule has 0 heterocycles. The maximum atomic E-state index is 11.5. The number of fused-ring (bicyclic) bond motifs is 1. The van der Waals surface area contributed by atoms with E-state index in [0.29, 0.717) is 18.3 Å². The van der Waals surface area contributed by atoms with Crippen LogP contribution >= 0.6 is 0 Å². The molecular formula is C11H19NO3. The van der Waals surface area contributed by atoms with Gasteiger partial charge in [0.05, 0.1) is 6.10 Å². The SMILES string of the molecule is CC(C)(C)OC(=O)N[C@@H]1C[C@H](O)[C@H]2C[C@H]21. The van der Waals surface area contributed by atoms with Gasteiger partial charge in [0.1, 0.15) is 5.60 Å². The highest BCUT2D eigenvalue weighted by Crippen LogP contribution is 2.51. The van der Waals surface area contributed by atoms with E-state index >= 15 is 0 Å². The molecule has 2 fully saturated rings. The monoisotopic (exact) mass is 213 g/mol. The molecule has 0 aromatic carbocycles. The standard InChI is InChI=1S/C11H19NO3/c1-11(2,3)15-10(14)12-8-5-9(13)7-4-6(7)8/h6-9,13H,4-5H2,1-3H3,(H,12,14)/t6-,7+,8-,9+/m1/s1. The van der Waals surface area contributed by atoms with Crippen LogP contribution in [-0.2, 0) is 4.74 Å². The molecule has 2 aliphatic carbocycles. The van der Waals surface area contributed by atoms with E-state index in [0.717, 1.165) is 6.42 Å². The lowest BCUT2D eigenvalue weighted by Gasteiger charge is -2.22. The lowest BCUT2D eigenvalue weighted by atomic mass is 10.1. The number of amides is 1. The summed E-state index contributed by atoms with van der Waals surface area (Å²) in [5, 5.41) is 12.4. The van der Waals surface area contributed by atoms with Gasteiger partial charge < -0.3 is 15.2 Å². The van der Waals surface area contributed by atoms with Crippen molar-refractivity contribution < 1.29 is 14.6 Å². The average Bonchev–Trinajstić information content (AvgIpc) is 2.71. The first-order valence-corrected chi connectivity index (χ1v) is 5.54. The summed E-state index contributed by atoms with van der Waals surface area (Å²) in [5.74, 6) is 0.900. The number of ether oxygens (including phenoxy) is 1. The lowest BCUT2D eigenvalue weighted by Crippen LogP contribution is -2.39. The van der Waals surface area contributed by atoms with Gasteiger partial charge in [-0.2, -0.15) is 0 Å². The molecular weight excluding hydrogens is 194 g/mol. The Morgan fingerprint density at radius 1 is 1.33 bits per heavy atom. The second kappa shape index (κ2) is 3.37. The fourth-order valence-electron chi connectivity index (χ4n) is 2.38. The number of alkyl carbamates (subject to hydrolysis) is 1. The van der Waals surface area contributed by atoms with Gasteiger partial charge >= 0.3 is 6.09 Å². The Morgan fingerprint density at radius 3 is 2.40 bits per heavy atom. The summed E-state index contributed by atoms with van der Waals surface area (Å²) in [6, 6.07) is 0.111. The van der Waals surface area contributed by atoms with Gasteiger partial charge in [-0.05, 0) is 45.4 Å². The lowest BCUT2D eigenvalue weighted by molar-refractivity contribution is 0.0493. The predicted octanol–water partition coefficient (Wildman–Crippen LogP) is 1.28. The minimum Gasteiger partial charge on any atom is -0.444 e. The molecule has 15 heavy (non-hydrogen) atoms. The Bertz CT molecular complexity index is 271. The molecule has 0 unspecified atom stereocenters. The number of aliphatic hydroxyl groups excluding tert-OH is 1. The molecule has 0 bridgehead atoms. The second-order valence-electron chi connectivity index (χ2n) is 5.62. The topological polar surface area (TPSA) is 58.6 Å². The minimum absolute atomic E-state index is 0.111. The quantitative estimate of drug-likeness (QED) is 0.690. The van der Waals surface area contributed by atoms with Gasteiger partial charge in [-0.15, -0.1) is 0 Å². The third kappa shape index (κ3) is 2.43. The zero-order chi connectivity index (χ0) is 11.2. The number of nitrogens with one attached hydrogen (secondary N) is 1. The van der Waals surface area contributed by atoms with E-state index in [2.05, 4.69) is 5.32 Å². The molecule has 86 valence electrons. The highest BCUT2D eigenvalue weighted by atomic mass is 16.6. The largest absolute Gasteiger partial charge is 0.444 e. The van der Waals surface area contributed by atoms with Crippen LogP contribution < -0.4 is 5.32 Å². The second-order valence-corrected chi connectivity index (χ2v) is 5.62. The zero-order valence-corrected chi connectivity index (χ0v) is 9.49. The number of aliphatic hydroxyl groups is 1. The van der Waals surface area contributed by atoms with Crippen LogP contribution in [0.3, 0.4) is 0 Å². The van der Waals surface area contributed by atoms with Crippen molar-refractivity contribution in [3.05, 3.63) is 0 Å². The van der Waals surface area contributed by atoms with Gasteiger partial charge in [0.25, 0.3) is 0 Å². The van der Waals surface area contributed by atoms with Crippen LogP contribution in [0, 0.1) is 11.8 Å². The summed E-state index contributed by atoms with van der Waals surface area (Å²) >= 11 is 0. The number of rotatable bonds is 1. The Kier molecular flexibility index (Phi) is 2.41.